The lowest BCUT2D eigenvalue weighted by Crippen LogP contribution is -2.46. The van der Waals surface area contributed by atoms with Gasteiger partial charge in [-0.2, -0.15) is 11.8 Å². The topological polar surface area (TPSA) is 68.2 Å². The molecule has 0 amide bonds. The highest BCUT2D eigenvalue weighted by Gasteiger charge is 2.26. The smallest absolute Gasteiger partial charge is 0.215 e. The summed E-state index contributed by atoms with van der Waals surface area (Å²) in [5, 5.41) is 3.30. The van der Waals surface area contributed by atoms with Crippen LogP contribution in [0.15, 0.2) is 4.99 Å². The van der Waals surface area contributed by atoms with Gasteiger partial charge in [0.25, 0.3) is 0 Å². The fourth-order valence-corrected chi connectivity index (χ4v) is 6.06. The van der Waals surface area contributed by atoms with Crippen LogP contribution in [0.2, 0.25) is 0 Å². The highest BCUT2D eigenvalue weighted by molar-refractivity contribution is 7.99. The number of rotatable bonds is 8. The molecular formula is C17H35N5O2S2. The summed E-state index contributed by atoms with van der Waals surface area (Å²) < 4.78 is 26.5. The molecule has 2 fully saturated rings. The summed E-state index contributed by atoms with van der Waals surface area (Å²) in [5.74, 6) is 2.68. The third kappa shape index (κ3) is 6.28. The van der Waals surface area contributed by atoms with E-state index in [0.29, 0.717) is 25.7 Å². The summed E-state index contributed by atoms with van der Waals surface area (Å²) in [6.45, 7) is 9.78. The van der Waals surface area contributed by atoms with Crippen LogP contribution in [-0.4, -0.2) is 105 Å². The van der Waals surface area contributed by atoms with Crippen LogP contribution in [0.4, 0.5) is 0 Å². The number of hydrogen-bond acceptors (Lipinski definition) is 5. The van der Waals surface area contributed by atoms with Gasteiger partial charge in [0.15, 0.2) is 5.96 Å². The Morgan fingerprint density at radius 3 is 2.65 bits per heavy atom. The SMILES string of the molecule is CCNC(=NCCS(=O)(=O)N1CCSCC1)N(C)CC1CCCN1CC. The molecule has 1 atom stereocenters. The molecular weight excluding hydrogens is 370 g/mol. The van der Waals surface area contributed by atoms with Crippen LogP contribution in [0.3, 0.4) is 0 Å². The second kappa shape index (κ2) is 10.7. The van der Waals surface area contributed by atoms with Crippen LogP contribution in [0.1, 0.15) is 26.7 Å². The van der Waals surface area contributed by atoms with Gasteiger partial charge >= 0.3 is 0 Å². The Morgan fingerprint density at radius 2 is 2.00 bits per heavy atom. The number of likely N-dealkylation sites (tertiary alicyclic amines) is 1. The van der Waals surface area contributed by atoms with E-state index in [4.69, 9.17) is 0 Å². The van der Waals surface area contributed by atoms with Crippen LogP contribution < -0.4 is 5.32 Å². The molecule has 0 bridgehead atoms. The molecule has 0 aromatic rings. The van der Waals surface area contributed by atoms with Crippen molar-refractivity contribution in [2.24, 2.45) is 4.99 Å². The van der Waals surface area contributed by atoms with Crippen LogP contribution in [0, 0.1) is 0 Å². The molecule has 0 radical (unpaired) electrons. The average molecular weight is 406 g/mol. The first-order valence-corrected chi connectivity index (χ1v) is 12.5. The van der Waals surface area contributed by atoms with Crippen molar-refractivity contribution in [3.63, 3.8) is 0 Å². The molecule has 0 aromatic carbocycles. The lowest BCUT2D eigenvalue weighted by Gasteiger charge is -2.30. The summed E-state index contributed by atoms with van der Waals surface area (Å²) in [4.78, 5) is 9.25. The van der Waals surface area contributed by atoms with Crippen LogP contribution in [-0.2, 0) is 10.0 Å². The Balaban J connectivity index is 1.90. The fraction of sp³-hybridized carbons (Fsp3) is 0.941. The normalized spacial score (nSPS) is 23.3. The fourth-order valence-electron chi connectivity index (χ4n) is 3.61. The zero-order valence-electron chi connectivity index (χ0n) is 16.5. The number of aliphatic imine (C=N–C) groups is 1. The number of nitrogens with zero attached hydrogens (tertiary/aromatic N) is 4. The van der Waals surface area contributed by atoms with Gasteiger partial charge in [-0.15, -0.1) is 0 Å². The van der Waals surface area contributed by atoms with Crippen molar-refractivity contribution in [3.05, 3.63) is 0 Å². The largest absolute Gasteiger partial charge is 0.357 e. The predicted molar refractivity (Wildman–Crippen MR) is 112 cm³/mol. The van der Waals surface area contributed by atoms with Crippen molar-refractivity contribution in [3.8, 4) is 0 Å². The Labute approximate surface area is 163 Å². The first-order chi connectivity index (χ1) is 12.5. The third-order valence-corrected chi connectivity index (χ3v) is 7.85. The monoisotopic (exact) mass is 405 g/mol. The van der Waals surface area contributed by atoms with Crippen molar-refractivity contribution in [2.45, 2.75) is 32.7 Å². The van der Waals surface area contributed by atoms with Gasteiger partial charge in [-0.25, -0.2) is 12.7 Å². The maximum atomic E-state index is 12.5. The molecule has 1 N–H and O–H groups in total. The zero-order chi connectivity index (χ0) is 19.0. The molecule has 1 unspecified atom stereocenters. The van der Waals surface area contributed by atoms with E-state index in [2.05, 4.69) is 27.0 Å². The average Bonchev–Trinajstić information content (AvgIpc) is 3.08. The maximum Gasteiger partial charge on any atom is 0.215 e. The second-order valence-corrected chi connectivity index (χ2v) is 10.2. The molecule has 0 aromatic heterocycles. The Hall–Kier alpha value is -0.510. The van der Waals surface area contributed by atoms with Gasteiger partial charge in [0.2, 0.25) is 10.0 Å². The summed E-state index contributed by atoms with van der Waals surface area (Å²) in [5.41, 5.74) is 0. The molecule has 0 saturated carbocycles. The van der Waals surface area contributed by atoms with Gasteiger partial charge in [-0.05, 0) is 32.9 Å². The third-order valence-electron chi connectivity index (χ3n) is 5.06. The van der Waals surface area contributed by atoms with Crippen LogP contribution in [0.5, 0.6) is 0 Å². The second-order valence-electron chi connectivity index (χ2n) is 6.87. The van der Waals surface area contributed by atoms with Crippen molar-refractivity contribution < 1.29 is 8.42 Å². The van der Waals surface area contributed by atoms with Crippen molar-refractivity contribution >= 4 is 27.7 Å². The number of sulfonamides is 1. The van der Waals surface area contributed by atoms with Gasteiger partial charge in [0, 0.05) is 50.8 Å². The maximum absolute atomic E-state index is 12.5. The van der Waals surface area contributed by atoms with E-state index in [1.54, 1.807) is 4.31 Å². The van der Waals surface area contributed by atoms with E-state index < -0.39 is 10.0 Å². The van der Waals surface area contributed by atoms with E-state index in [-0.39, 0.29) is 5.75 Å². The lowest BCUT2D eigenvalue weighted by molar-refractivity contribution is 0.233. The molecule has 7 nitrogen and oxygen atoms in total. The van der Waals surface area contributed by atoms with Gasteiger partial charge < -0.3 is 10.2 Å². The van der Waals surface area contributed by atoms with Crippen LogP contribution >= 0.6 is 11.8 Å². The van der Waals surface area contributed by atoms with E-state index in [1.807, 2.05) is 25.7 Å². The Morgan fingerprint density at radius 1 is 1.27 bits per heavy atom. The summed E-state index contributed by atoms with van der Waals surface area (Å²) in [7, 11) is -1.15. The lowest BCUT2D eigenvalue weighted by atomic mass is 10.2. The molecule has 2 rings (SSSR count). The summed E-state index contributed by atoms with van der Waals surface area (Å²) in [6, 6.07) is 0.559. The summed E-state index contributed by atoms with van der Waals surface area (Å²) >= 11 is 1.82. The molecule has 2 heterocycles. The molecule has 2 aliphatic heterocycles. The number of hydrogen-bond donors (Lipinski definition) is 1. The quantitative estimate of drug-likeness (QED) is 0.475. The first-order valence-electron chi connectivity index (χ1n) is 9.77. The minimum atomic E-state index is -3.20. The van der Waals surface area contributed by atoms with E-state index in [9.17, 15) is 8.42 Å². The van der Waals surface area contributed by atoms with Gasteiger partial charge in [0.05, 0.1) is 12.3 Å². The van der Waals surface area contributed by atoms with Gasteiger partial charge in [0.1, 0.15) is 0 Å². The predicted octanol–water partition coefficient (Wildman–Crippen LogP) is 0.747. The van der Waals surface area contributed by atoms with Gasteiger partial charge in [-0.3, -0.25) is 9.89 Å². The first kappa shape index (κ1) is 21.8. The van der Waals surface area contributed by atoms with E-state index in [1.165, 1.54) is 19.4 Å². The number of likely N-dealkylation sites (N-methyl/N-ethyl adjacent to an activating group) is 2. The van der Waals surface area contributed by atoms with E-state index in [0.717, 1.165) is 37.1 Å². The Bertz CT molecular complexity index is 549. The van der Waals surface area contributed by atoms with Crippen molar-refractivity contribution in [2.75, 3.05) is 70.1 Å². The summed E-state index contributed by atoms with van der Waals surface area (Å²) in [6.07, 6.45) is 2.48. The molecule has 9 heteroatoms. The molecule has 152 valence electrons. The highest BCUT2D eigenvalue weighted by Crippen LogP contribution is 2.17. The highest BCUT2D eigenvalue weighted by atomic mass is 32.2. The minimum Gasteiger partial charge on any atom is -0.357 e. The minimum absolute atomic E-state index is 0.0882. The molecule has 2 saturated heterocycles. The zero-order valence-corrected chi connectivity index (χ0v) is 18.1. The number of thioether (sulfide) groups is 1. The molecule has 2 aliphatic rings. The molecule has 26 heavy (non-hydrogen) atoms. The van der Waals surface area contributed by atoms with Crippen molar-refractivity contribution in [1.29, 1.82) is 0 Å². The van der Waals surface area contributed by atoms with Crippen molar-refractivity contribution in [1.82, 2.24) is 19.4 Å². The van der Waals surface area contributed by atoms with Gasteiger partial charge in [-0.1, -0.05) is 6.92 Å². The molecule has 0 aliphatic carbocycles. The Kier molecular flexibility index (Phi) is 8.99. The molecule has 0 spiro atoms. The number of nitrogens with one attached hydrogen (secondary N) is 1. The number of guanidine groups is 1. The van der Waals surface area contributed by atoms with E-state index >= 15 is 0 Å². The standard InChI is InChI=1S/C17H35N5O2S2/c1-4-18-17(20(3)15-16-7-6-9-21(16)5-2)19-8-14-26(23,24)22-10-12-25-13-11-22/h16H,4-15H2,1-3H3,(H,18,19). The van der Waals surface area contributed by atoms with Crippen LogP contribution in [0.25, 0.3) is 0 Å².